The van der Waals surface area contributed by atoms with E-state index < -0.39 is 10.7 Å². The molecule has 0 aliphatic heterocycles. The van der Waals surface area contributed by atoms with Crippen LogP contribution in [0.5, 0.6) is 0 Å². The number of nitrogens with two attached hydrogens (primary N) is 1. The molecule has 100 valence electrons. The second kappa shape index (κ2) is 3.19. The average Bonchev–Trinajstić information content (AvgIpc) is 2.09. The van der Waals surface area contributed by atoms with Crippen molar-refractivity contribution in [1.82, 2.24) is 0 Å². The molecule has 0 spiro atoms. The number of allylic oxidation sites excluding steroid dienone is 1. The first-order valence-electron chi connectivity index (χ1n) is 6.56. The van der Waals surface area contributed by atoms with Gasteiger partial charge in [0.1, 0.15) is 5.60 Å². The fourth-order valence-electron chi connectivity index (χ4n) is 5.54. The summed E-state index contributed by atoms with van der Waals surface area (Å²) >= 11 is 0. The van der Waals surface area contributed by atoms with Gasteiger partial charge in [-0.15, -0.1) is 10.1 Å². The zero-order valence-corrected chi connectivity index (χ0v) is 10.9. The SMILES string of the molecule is CC12CC3CC(O[N+](=O)[O-])(C1)CC(C)(C2)/C3=C/N. The lowest BCUT2D eigenvalue weighted by molar-refractivity contribution is -0.785. The number of nitrogens with zero attached hydrogens (tertiary/aromatic N) is 1. The Morgan fingerprint density at radius 2 is 2.11 bits per heavy atom. The van der Waals surface area contributed by atoms with Gasteiger partial charge in [0.25, 0.3) is 5.09 Å². The molecule has 4 saturated carbocycles. The molecule has 2 N–H and O–H groups in total. The van der Waals surface area contributed by atoms with E-state index in [1.807, 2.05) is 0 Å². The van der Waals surface area contributed by atoms with Crippen LogP contribution >= 0.6 is 0 Å². The van der Waals surface area contributed by atoms with Gasteiger partial charge in [0, 0.05) is 0 Å². The third-order valence-corrected chi connectivity index (χ3v) is 5.22. The van der Waals surface area contributed by atoms with Crippen molar-refractivity contribution >= 4 is 0 Å². The molecule has 4 rings (SSSR count). The van der Waals surface area contributed by atoms with Gasteiger partial charge in [0.2, 0.25) is 0 Å². The molecule has 4 unspecified atom stereocenters. The van der Waals surface area contributed by atoms with Crippen LogP contribution in [0.2, 0.25) is 0 Å². The lowest BCUT2D eigenvalue weighted by Crippen LogP contribution is -2.61. The van der Waals surface area contributed by atoms with Crippen LogP contribution in [0.15, 0.2) is 11.8 Å². The molecule has 4 bridgehead atoms. The van der Waals surface area contributed by atoms with Gasteiger partial charge in [-0.2, -0.15) is 0 Å². The average molecular weight is 252 g/mol. The highest BCUT2D eigenvalue weighted by Crippen LogP contribution is 2.69. The molecular weight excluding hydrogens is 232 g/mol. The van der Waals surface area contributed by atoms with Gasteiger partial charge in [0.05, 0.1) is 0 Å². The van der Waals surface area contributed by atoms with E-state index in [1.165, 1.54) is 5.57 Å². The fourth-order valence-corrected chi connectivity index (χ4v) is 5.54. The number of hydrogen-bond donors (Lipinski definition) is 1. The zero-order valence-electron chi connectivity index (χ0n) is 10.9. The van der Waals surface area contributed by atoms with Crippen molar-refractivity contribution in [3.8, 4) is 0 Å². The molecule has 0 saturated heterocycles. The summed E-state index contributed by atoms with van der Waals surface area (Å²) < 4.78 is 0. The Balaban J connectivity index is 2.02. The molecular formula is C13H20N2O3. The molecule has 0 aromatic carbocycles. The molecule has 0 aromatic rings. The maximum Gasteiger partial charge on any atom is 0.295 e. The molecule has 4 fully saturated rings. The van der Waals surface area contributed by atoms with Crippen LogP contribution in [0.4, 0.5) is 0 Å². The van der Waals surface area contributed by atoms with Crippen molar-refractivity contribution in [2.45, 2.75) is 51.6 Å². The summed E-state index contributed by atoms with van der Waals surface area (Å²) in [5.41, 5.74) is 6.66. The Labute approximate surface area is 106 Å². The topological polar surface area (TPSA) is 78.4 Å². The molecule has 4 atom stereocenters. The highest BCUT2D eigenvalue weighted by Gasteiger charge is 2.63. The molecule has 4 aliphatic carbocycles. The summed E-state index contributed by atoms with van der Waals surface area (Å²) in [7, 11) is 0. The van der Waals surface area contributed by atoms with E-state index in [1.54, 1.807) is 6.20 Å². The van der Waals surface area contributed by atoms with Crippen LogP contribution in [-0.4, -0.2) is 10.7 Å². The summed E-state index contributed by atoms with van der Waals surface area (Å²) in [6.45, 7) is 4.43. The summed E-state index contributed by atoms with van der Waals surface area (Å²) in [6.07, 6.45) is 6.20. The minimum atomic E-state index is -0.605. The van der Waals surface area contributed by atoms with Gasteiger partial charge in [-0.1, -0.05) is 13.8 Å². The molecule has 4 aliphatic rings. The minimum absolute atomic E-state index is 0.0150. The van der Waals surface area contributed by atoms with Gasteiger partial charge in [-0.3, -0.25) is 0 Å². The highest BCUT2D eigenvalue weighted by atomic mass is 17.0. The molecule has 5 nitrogen and oxygen atoms in total. The quantitative estimate of drug-likeness (QED) is 0.604. The van der Waals surface area contributed by atoms with Gasteiger partial charge >= 0.3 is 0 Å². The Kier molecular flexibility index (Phi) is 2.09. The van der Waals surface area contributed by atoms with Crippen molar-refractivity contribution in [2.24, 2.45) is 22.5 Å². The lowest BCUT2D eigenvalue weighted by Gasteiger charge is -2.65. The maximum atomic E-state index is 10.8. The summed E-state index contributed by atoms with van der Waals surface area (Å²) in [6, 6.07) is 0. The Morgan fingerprint density at radius 1 is 1.39 bits per heavy atom. The van der Waals surface area contributed by atoms with E-state index in [0.717, 1.165) is 32.1 Å². The second-order valence-corrected chi connectivity index (χ2v) is 7.13. The third-order valence-electron chi connectivity index (χ3n) is 5.22. The zero-order chi connectivity index (χ0) is 13.2. The van der Waals surface area contributed by atoms with Crippen molar-refractivity contribution < 1.29 is 9.92 Å². The van der Waals surface area contributed by atoms with Crippen LogP contribution in [-0.2, 0) is 4.84 Å². The van der Waals surface area contributed by atoms with Crippen molar-refractivity contribution in [3.63, 3.8) is 0 Å². The number of hydrogen-bond acceptors (Lipinski definition) is 4. The van der Waals surface area contributed by atoms with Crippen molar-refractivity contribution in [2.75, 3.05) is 0 Å². The summed E-state index contributed by atoms with van der Waals surface area (Å²) in [5, 5.41) is 10.2. The summed E-state index contributed by atoms with van der Waals surface area (Å²) in [4.78, 5) is 15.9. The van der Waals surface area contributed by atoms with Crippen LogP contribution in [0.1, 0.15) is 46.0 Å². The van der Waals surface area contributed by atoms with Crippen LogP contribution in [0.25, 0.3) is 0 Å². The molecule has 18 heavy (non-hydrogen) atoms. The lowest BCUT2D eigenvalue weighted by atomic mass is 9.42. The van der Waals surface area contributed by atoms with Crippen LogP contribution < -0.4 is 5.73 Å². The first kappa shape index (κ1) is 11.8. The Bertz CT molecular complexity index is 450. The normalized spacial score (nSPS) is 51.7. The van der Waals surface area contributed by atoms with Crippen molar-refractivity contribution in [1.29, 1.82) is 0 Å². The first-order valence-corrected chi connectivity index (χ1v) is 6.56. The molecule has 5 heteroatoms. The van der Waals surface area contributed by atoms with E-state index >= 15 is 0 Å². The van der Waals surface area contributed by atoms with Gasteiger partial charge in [-0.05, 0) is 60.6 Å². The molecule has 0 radical (unpaired) electrons. The van der Waals surface area contributed by atoms with E-state index in [2.05, 4.69) is 13.8 Å². The Hall–Kier alpha value is -1.26. The Morgan fingerprint density at radius 3 is 2.67 bits per heavy atom. The van der Waals surface area contributed by atoms with E-state index in [-0.39, 0.29) is 10.8 Å². The monoisotopic (exact) mass is 252 g/mol. The second-order valence-electron chi connectivity index (χ2n) is 7.13. The van der Waals surface area contributed by atoms with Gasteiger partial charge in [0.15, 0.2) is 0 Å². The van der Waals surface area contributed by atoms with E-state index in [4.69, 9.17) is 10.6 Å². The third kappa shape index (κ3) is 1.45. The molecule has 0 heterocycles. The van der Waals surface area contributed by atoms with Crippen LogP contribution in [0.3, 0.4) is 0 Å². The van der Waals surface area contributed by atoms with Crippen LogP contribution in [0, 0.1) is 26.9 Å². The maximum absolute atomic E-state index is 10.8. The number of rotatable bonds is 2. The van der Waals surface area contributed by atoms with Gasteiger partial charge in [-0.25, -0.2) is 0 Å². The van der Waals surface area contributed by atoms with Crippen molar-refractivity contribution in [3.05, 3.63) is 21.9 Å². The molecule has 0 amide bonds. The predicted molar refractivity (Wildman–Crippen MR) is 65.9 cm³/mol. The summed E-state index contributed by atoms with van der Waals surface area (Å²) in [5.74, 6) is 0.362. The van der Waals surface area contributed by atoms with Gasteiger partial charge < -0.3 is 10.6 Å². The highest BCUT2D eigenvalue weighted by molar-refractivity contribution is 5.30. The largest absolute Gasteiger partial charge is 0.405 e. The minimum Gasteiger partial charge on any atom is -0.405 e. The van der Waals surface area contributed by atoms with E-state index in [9.17, 15) is 10.1 Å². The molecule has 0 aromatic heterocycles. The smallest absolute Gasteiger partial charge is 0.295 e. The predicted octanol–water partition coefficient (Wildman–Crippen LogP) is 2.40. The standard InChI is InChI=1S/C13H20N2O3/c1-11-3-9-4-13(7-11,18-15(16)17)8-12(2,6-11)10(9)5-14/h5,9H,3-4,6-8,14H2,1-2H3/b10-5+. The fraction of sp³-hybridized carbons (Fsp3) is 0.846. The first-order chi connectivity index (χ1) is 8.30. The van der Waals surface area contributed by atoms with E-state index in [0.29, 0.717) is 5.92 Å².